The maximum Gasteiger partial charge on any atom is 0.262 e. The molecule has 3 aromatic carbocycles. The standard InChI is InChI=1S/C28H29FN4O6/c1-3-38-25-16-19(8-13-24(25)39-18-28(36)32-23-7-5-4-6-22(23)29)17-30-33-27(35)15-14-26(34)31-20-9-11-21(37-2)12-10-20/h4-13,16-17H,3,14-15,18H2,1-2H3,(H,31,34)(H,32,36)(H,33,35). The van der Waals surface area contributed by atoms with Gasteiger partial charge in [-0.05, 0) is 67.1 Å². The molecule has 3 amide bonds. The fourth-order valence-electron chi connectivity index (χ4n) is 3.24. The Bertz CT molecular complexity index is 1310. The van der Waals surface area contributed by atoms with Crippen LogP contribution < -0.4 is 30.3 Å². The fraction of sp³-hybridized carbons (Fsp3) is 0.214. The van der Waals surface area contributed by atoms with Gasteiger partial charge < -0.3 is 24.8 Å². The summed E-state index contributed by atoms with van der Waals surface area (Å²) in [5, 5.41) is 9.07. The molecular weight excluding hydrogens is 507 g/mol. The van der Waals surface area contributed by atoms with Crippen LogP contribution in [-0.4, -0.2) is 44.3 Å². The highest BCUT2D eigenvalue weighted by Crippen LogP contribution is 2.28. The van der Waals surface area contributed by atoms with E-state index in [9.17, 15) is 18.8 Å². The Morgan fingerprint density at radius 2 is 1.62 bits per heavy atom. The molecule has 3 N–H and O–H groups in total. The van der Waals surface area contributed by atoms with E-state index in [2.05, 4.69) is 21.2 Å². The molecule has 204 valence electrons. The molecule has 0 aliphatic heterocycles. The molecule has 0 aliphatic rings. The van der Waals surface area contributed by atoms with Crippen LogP contribution in [0.3, 0.4) is 0 Å². The summed E-state index contributed by atoms with van der Waals surface area (Å²) in [5.74, 6) is -0.473. The monoisotopic (exact) mass is 536 g/mol. The molecule has 10 nitrogen and oxygen atoms in total. The fourth-order valence-corrected chi connectivity index (χ4v) is 3.24. The number of benzene rings is 3. The van der Waals surface area contributed by atoms with Crippen LogP contribution >= 0.6 is 0 Å². The van der Waals surface area contributed by atoms with Gasteiger partial charge in [-0.1, -0.05) is 12.1 Å². The van der Waals surface area contributed by atoms with E-state index in [0.29, 0.717) is 35.1 Å². The molecule has 0 spiro atoms. The molecule has 0 saturated heterocycles. The maximum atomic E-state index is 13.7. The number of nitrogens with one attached hydrogen (secondary N) is 3. The summed E-state index contributed by atoms with van der Waals surface area (Å²) >= 11 is 0. The van der Waals surface area contributed by atoms with Crippen molar-refractivity contribution in [1.82, 2.24) is 5.43 Å². The second-order valence-corrected chi connectivity index (χ2v) is 8.03. The lowest BCUT2D eigenvalue weighted by atomic mass is 10.2. The van der Waals surface area contributed by atoms with Gasteiger partial charge in [0.15, 0.2) is 18.1 Å². The van der Waals surface area contributed by atoms with Crippen molar-refractivity contribution in [3.8, 4) is 17.2 Å². The quantitative estimate of drug-likeness (QED) is 0.223. The molecule has 11 heteroatoms. The highest BCUT2D eigenvalue weighted by atomic mass is 19.1. The zero-order valence-electron chi connectivity index (χ0n) is 21.5. The molecule has 0 unspecified atom stereocenters. The Hall–Kier alpha value is -4.93. The topological polar surface area (TPSA) is 127 Å². The summed E-state index contributed by atoms with van der Waals surface area (Å²) in [6.07, 6.45) is 1.34. The van der Waals surface area contributed by atoms with Gasteiger partial charge in [0.2, 0.25) is 11.8 Å². The number of halogens is 1. The minimum absolute atomic E-state index is 0.0155. The molecule has 0 saturated carbocycles. The summed E-state index contributed by atoms with van der Waals surface area (Å²) in [7, 11) is 1.55. The SMILES string of the molecule is CCOc1cc(C=NNC(=O)CCC(=O)Nc2ccc(OC)cc2)ccc1OCC(=O)Nc1ccccc1F. The van der Waals surface area contributed by atoms with Crippen LogP contribution in [-0.2, 0) is 14.4 Å². The number of rotatable bonds is 13. The summed E-state index contributed by atoms with van der Waals surface area (Å²) in [4.78, 5) is 36.3. The van der Waals surface area contributed by atoms with Crippen molar-refractivity contribution in [2.75, 3.05) is 31.0 Å². The number of anilines is 2. The highest BCUT2D eigenvalue weighted by molar-refractivity contribution is 5.93. The van der Waals surface area contributed by atoms with E-state index in [4.69, 9.17) is 14.2 Å². The van der Waals surface area contributed by atoms with E-state index in [1.54, 1.807) is 62.6 Å². The van der Waals surface area contributed by atoms with E-state index >= 15 is 0 Å². The van der Waals surface area contributed by atoms with Gasteiger partial charge in [-0.15, -0.1) is 0 Å². The molecule has 0 fully saturated rings. The van der Waals surface area contributed by atoms with Gasteiger partial charge in [-0.25, -0.2) is 9.82 Å². The largest absolute Gasteiger partial charge is 0.497 e. The molecule has 0 aromatic heterocycles. The normalized spacial score (nSPS) is 10.5. The minimum atomic E-state index is -0.548. The number of hydrazone groups is 1. The molecule has 3 rings (SSSR count). The molecule has 3 aromatic rings. The molecule has 0 bridgehead atoms. The lowest BCUT2D eigenvalue weighted by Gasteiger charge is -2.13. The van der Waals surface area contributed by atoms with Gasteiger partial charge in [0.25, 0.3) is 5.91 Å². The highest BCUT2D eigenvalue weighted by Gasteiger charge is 2.11. The Labute approximate surface area is 225 Å². The van der Waals surface area contributed by atoms with Crippen LogP contribution in [0.25, 0.3) is 0 Å². The summed E-state index contributed by atoms with van der Waals surface area (Å²) in [6.45, 7) is 1.78. The second-order valence-electron chi connectivity index (χ2n) is 8.03. The number of nitrogens with zero attached hydrogens (tertiary/aromatic N) is 1. The average Bonchev–Trinajstić information content (AvgIpc) is 2.93. The van der Waals surface area contributed by atoms with Crippen molar-refractivity contribution in [3.63, 3.8) is 0 Å². The third kappa shape index (κ3) is 9.47. The van der Waals surface area contributed by atoms with Crippen LogP contribution in [0, 0.1) is 5.82 Å². The van der Waals surface area contributed by atoms with Gasteiger partial charge in [0, 0.05) is 18.5 Å². The molecule has 0 radical (unpaired) electrons. The lowest BCUT2D eigenvalue weighted by molar-refractivity contribution is -0.124. The number of para-hydroxylation sites is 1. The number of hydrogen-bond acceptors (Lipinski definition) is 7. The van der Waals surface area contributed by atoms with Crippen molar-refractivity contribution in [3.05, 3.63) is 78.1 Å². The van der Waals surface area contributed by atoms with E-state index in [-0.39, 0.29) is 31.0 Å². The average molecular weight is 537 g/mol. The first-order valence-corrected chi connectivity index (χ1v) is 12.1. The third-order valence-electron chi connectivity index (χ3n) is 5.13. The van der Waals surface area contributed by atoms with Crippen molar-refractivity contribution in [1.29, 1.82) is 0 Å². The van der Waals surface area contributed by atoms with Crippen LogP contribution in [0.15, 0.2) is 71.8 Å². The molecule has 0 aliphatic carbocycles. The van der Waals surface area contributed by atoms with E-state index in [0.717, 1.165) is 0 Å². The molecular formula is C28H29FN4O6. The van der Waals surface area contributed by atoms with Gasteiger partial charge >= 0.3 is 0 Å². The Morgan fingerprint density at radius 1 is 0.872 bits per heavy atom. The number of carbonyl (C=O) groups excluding carboxylic acids is 3. The third-order valence-corrected chi connectivity index (χ3v) is 5.13. The van der Waals surface area contributed by atoms with Gasteiger partial charge in [0.1, 0.15) is 11.6 Å². The lowest BCUT2D eigenvalue weighted by Crippen LogP contribution is -2.21. The summed E-state index contributed by atoms with van der Waals surface area (Å²) in [6, 6.07) is 17.5. The summed E-state index contributed by atoms with van der Waals surface area (Å²) in [5.41, 5.74) is 3.63. The first kappa shape index (κ1) is 28.6. The molecule has 39 heavy (non-hydrogen) atoms. The van der Waals surface area contributed by atoms with E-state index in [1.165, 1.54) is 24.4 Å². The van der Waals surface area contributed by atoms with Crippen LogP contribution in [0.4, 0.5) is 15.8 Å². The van der Waals surface area contributed by atoms with Crippen LogP contribution in [0.2, 0.25) is 0 Å². The van der Waals surface area contributed by atoms with Crippen molar-refractivity contribution < 1.29 is 33.0 Å². The second kappa shape index (κ2) is 14.7. The number of carbonyl (C=O) groups is 3. The zero-order valence-corrected chi connectivity index (χ0v) is 21.5. The number of methoxy groups -OCH3 is 1. The number of hydrogen-bond donors (Lipinski definition) is 3. The van der Waals surface area contributed by atoms with Crippen molar-refractivity contribution in [2.45, 2.75) is 19.8 Å². The Kier molecular flexibility index (Phi) is 10.8. The predicted molar refractivity (Wildman–Crippen MR) is 145 cm³/mol. The Morgan fingerprint density at radius 3 is 2.33 bits per heavy atom. The van der Waals surface area contributed by atoms with Gasteiger partial charge in [-0.3, -0.25) is 14.4 Å². The van der Waals surface area contributed by atoms with Crippen molar-refractivity contribution >= 4 is 35.3 Å². The number of amides is 3. The smallest absolute Gasteiger partial charge is 0.262 e. The van der Waals surface area contributed by atoms with Crippen LogP contribution in [0.5, 0.6) is 17.2 Å². The zero-order chi connectivity index (χ0) is 28.0. The van der Waals surface area contributed by atoms with E-state index < -0.39 is 17.6 Å². The first-order valence-electron chi connectivity index (χ1n) is 12.1. The number of ether oxygens (including phenoxy) is 3. The van der Waals surface area contributed by atoms with Crippen molar-refractivity contribution in [2.24, 2.45) is 5.10 Å². The Balaban J connectivity index is 1.47. The van der Waals surface area contributed by atoms with Gasteiger partial charge in [-0.2, -0.15) is 5.10 Å². The summed E-state index contributed by atoms with van der Waals surface area (Å²) < 4.78 is 29.9. The molecule has 0 atom stereocenters. The van der Waals surface area contributed by atoms with Crippen LogP contribution in [0.1, 0.15) is 25.3 Å². The maximum absolute atomic E-state index is 13.7. The molecule has 0 heterocycles. The van der Waals surface area contributed by atoms with E-state index in [1.807, 2.05) is 0 Å². The van der Waals surface area contributed by atoms with Gasteiger partial charge in [0.05, 0.1) is 25.6 Å². The first-order chi connectivity index (χ1) is 18.9. The minimum Gasteiger partial charge on any atom is -0.497 e. The predicted octanol–water partition coefficient (Wildman–Crippen LogP) is 4.12.